The van der Waals surface area contributed by atoms with Gasteiger partial charge in [0, 0.05) is 5.56 Å². The molecule has 0 saturated heterocycles. The number of ether oxygens (including phenoxy) is 2. The number of rotatable bonds is 8. The van der Waals surface area contributed by atoms with E-state index in [1.165, 1.54) is 20.4 Å². The van der Waals surface area contributed by atoms with Crippen molar-refractivity contribution in [2.75, 3.05) is 31.3 Å². The number of nitrogens with zero attached hydrogens (tertiary/aromatic N) is 2. The van der Waals surface area contributed by atoms with Gasteiger partial charge in [-0.15, -0.1) is 0 Å². The number of para-hydroxylation sites is 1. The van der Waals surface area contributed by atoms with Gasteiger partial charge >= 0.3 is 0 Å². The first kappa shape index (κ1) is 22.0. The summed E-state index contributed by atoms with van der Waals surface area (Å²) in [7, 11) is -0.941. The van der Waals surface area contributed by atoms with Crippen LogP contribution in [0.3, 0.4) is 0 Å². The average molecular weight is 421 g/mol. The summed E-state index contributed by atoms with van der Waals surface area (Å²) in [6, 6.07) is 9.82. The summed E-state index contributed by atoms with van der Waals surface area (Å²) >= 11 is 0. The highest BCUT2D eigenvalue weighted by atomic mass is 32.2. The van der Waals surface area contributed by atoms with Gasteiger partial charge in [-0.3, -0.25) is 9.10 Å². The van der Waals surface area contributed by atoms with E-state index in [2.05, 4.69) is 10.5 Å². The Morgan fingerprint density at radius 3 is 2.52 bits per heavy atom. The molecule has 2 rings (SSSR count). The van der Waals surface area contributed by atoms with E-state index in [9.17, 15) is 18.3 Å². The molecule has 0 aliphatic heterocycles. The Balaban J connectivity index is 2.19. The smallest absolute Gasteiger partial charge is 0.260 e. The molecule has 0 atom stereocenters. The number of aryl methyl sites for hydroxylation is 1. The number of carbonyl (C=O) groups is 1. The van der Waals surface area contributed by atoms with E-state index < -0.39 is 22.5 Å². The van der Waals surface area contributed by atoms with Gasteiger partial charge in [-0.05, 0) is 36.8 Å². The van der Waals surface area contributed by atoms with Crippen molar-refractivity contribution in [2.45, 2.75) is 6.92 Å². The van der Waals surface area contributed by atoms with Crippen molar-refractivity contribution in [3.63, 3.8) is 0 Å². The normalized spacial score (nSPS) is 11.3. The lowest BCUT2D eigenvalue weighted by molar-refractivity contribution is -0.119. The fraction of sp³-hybridized carbons (Fsp3) is 0.263. The summed E-state index contributed by atoms with van der Waals surface area (Å²) in [5.41, 5.74) is 3.63. The van der Waals surface area contributed by atoms with E-state index >= 15 is 0 Å². The number of anilines is 1. The number of amides is 1. The number of hydrogen-bond donors (Lipinski definition) is 2. The first-order valence-electron chi connectivity index (χ1n) is 8.47. The highest BCUT2D eigenvalue weighted by Gasteiger charge is 2.24. The van der Waals surface area contributed by atoms with Gasteiger partial charge < -0.3 is 14.6 Å². The lowest BCUT2D eigenvalue weighted by Gasteiger charge is -2.23. The lowest BCUT2D eigenvalue weighted by atomic mass is 10.2. The highest BCUT2D eigenvalue weighted by Crippen LogP contribution is 2.31. The molecule has 0 aromatic heterocycles. The fourth-order valence-corrected chi connectivity index (χ4v) is 3.38. The van der Waals surface area contributed by atoms with Crippen LogP contribution in [-0.2, 0) is 14.8 Å². The molecule has 9 nitrogen and oxygen atoms in total. The number of hydrazone groups is 1. The molecule has 0 unspecified atom stereocenters. The van der Waals surface area contributed by atoms with Crippen molar-refractivity contribution in [1.82, 2.24) is 5.43 Å². The quantitative estimate of drug-likeness (QED) is 0.494. The molecular weight excluding hydrogens is 398 g/mol. The summed E-state index contributed by atoms with van der Waals surface area (Å²) in [4.78, 5) is 12.3. The molecule has 10 heteroatoms. The standard InChI is InChI=1S/C19H23N3O6S/c1-13-8-9-16(27-2)15(10-13)22(29(4,25)26)12-18(23)21-20-11-14-6-5-7-17(28-3)19(14)24/h5-11,24H,12H2,1-4H3,(H,21,23)/b20-11-. The summed E-state index contributed by atoms with van der Waals surface area (Å²) < 4.78 is 35.7. The summed E-state index contributed by atoms with van der Waals surface area (Å²) in [6.07, 6.45) is 2.23. The van der Waals surface area contributed by atoms with Crippen LogP contribution < -0.4 is 19.2 Å². The number of sulfonamides is 1. The molecule has 29 heavy (non-hydrogen) atoms. The average Bonchev–Trinajstić information content (AvgIpc) is 2.66. The second-order valence-corrected chi connectivity index (χ2v) is 8.04. The van der Waals surface area contributed by atoms with Crippen LogP contribution in [0.2, 0.25) is 0 Å². The van der Waals surface area contributed by atoms with Crippen molar-refractivity contribution in [3.05, 3.63) is 47.5 Å². The summed E-state index contributed by atoms with van der Waals surface area (Å²) in [5.74, 6) is -0.221. The number of carbonyl (C=O) groups excluding carboxylic acids is 1. The number of hydrogen-bond acceptors (Lipinski definition) is 7. The minimum absolute atomic E-state index is 0.129. The number of phenolic OH excluding ortho intramolecular Hbond substituents is 1. The zero-order chi connectivity index (χ0) is 21.6. The molecule has 0 aliphatic carbocycles. The van der Waals surface area contributed by atoms with Crippen LogP contribution in [0.15, 0.2) is 41.5 Å². The third-order valence-electron chi connectivity index (χ3n) is 3.93. The Bertz CT molecular complexity index is 1020. The van der Waals surface area contributed by atoms with Gasteiger partial charge in [0.05, 0.1) is 32.4 Å². The number of aromatic hydroxyl groups is 1. The van der Waals surface area contributed by atoms with Gasteiger partial charge in [0.1, 0.15) is 12.3 Å². The van der Waals surface area contributed by atoms with Gasteiger partial charge in [0.15, 0.2) is 11.5 Å². The van der Waals surface area contributed by atoms with Gasteiger partial charge in [0.25, 0.3) is 5.91 Å². The number of phenols is 1. The molecular formula is C19H23N3O6S. The predicted octanol–water partition coefficient (Wildman–Crippen LogP) is 1.63. The van der Waals surface area contributed by atoms with E-state index in [0.29, 0.717) is 11.3 Å². The van der Waals surface area contributed by atoms with Gasteiger partial charge in [0.2, 0.25) is 10.0 Å². The van der Waals surface area contributed by atoms with E-state index in [4.69, 9.17) is 9.47 Å². The van der Waals surface area contributed by atoms with Crippen LogP contribution in [0.25, 0.3) is 0 Å². The summed E-state index contributed by atoms with van der Waals surface area (Å²) in [6.45, 7) is 1.30. The molecule has 0 aliphatic rings. The Labute approximate surface area is 169 Å². The van der Waals surface area contributed by atoms with Crippen molar-refractivity contribution in [3.8, 4) is 17.2 Å². The molecule has 2 N–H and O–H groups in total. The van der Waals surface area contributed by atoms with Gasteiger partial charge in [-0.1, -0.05) is 12.1 Å². The summed E-state index contributed by atoms with van der Waals surface area (Å²) in [5, 5.41) is 13.8. The Morgan fingerprint density at radius 1 is 1.21 bits per heavy atom. The van der Waals surface area contributed by atoms with Crippen LogP contribution in [0.1, 0.15) is 11.1 Å². The van der Waals surface area contributed by atoms with E-state index in [1.807, 2.05) is 0 Å². The van der Waals surface area contributed by atoms with E-state index in [1.54, 1.807) is 43.3 Å². The largest absolute Gasteiger partial charge is 0.504 e. The van der Waals surface area contributed by atoms with E-state index in [0.717, 1.165) is 16.1 Å². The Hall–Kier alpha value is -3.27. The monoisotopic (exact) mass is 421 g/mol. The molecule has 2 aromatic carbocycles. The minimum atomic E-state index is -3.77. The molecule has 0 spiro atoms. The molecule has 0 radical (unpaired) electrons. The second kappa shape index (κ2) is 9.28. The molecule has 2 aromatic rings. The van der Waals surface area contributed by atoms with Gasteiger partial charge in [-0.25, -0.2) is 13.8 Å². The maximum atomic E-state index is 12.3. The predicted molar refractivity (Wildman–Crippen MR) is 110 cm³/mol. The highest BCUT2D eigenvalue weighted by molar-refractivity contribution is 7.92. The Morgan fingerprint density at radius 2 is 1.90 bits per heavy atom. The van der Waals surface area contributed by atoms with Crippen molar-refractivity contribution >= 4 is 27.8 Å². The maximum absolute atomic E-state index is 12.3. The minimum Gasteiger partial charge on any atom is -0.504 e. The first-order chi connectivity index (χ1) is 13.7. The second-order valence-electron chi connectivity index (χ2n) is 6.14. The topological polar surface area (TPSA) is 118 Å². The molecule has 1 amide bonds. The first-order valence-corrected chi connectivity index (χ1v) is 10.3. The van der Waals surface area contributed by atoms with Gasteiger partial charge in [-0.2, -0.15) is 5.10 Å². The van der Waals surface area contributed by atoms with Crippen molar-refractivity contribution in [1.29, 1.82) is 0 Å². The van der Waals surface area contributed by atoms with Crippen LogP contribution in [0, 0.1) is 6.92 Å². The third kappa shape index (κ3) is 5.61. The molecule has 0 fully saturated rings. The molecule has 0 heterocycles. The molecule has 0 bridgehead atoms. The number of methoxy groups -OCH3 is 2. The SMILES string of the molecule is COc1ccc(C)cc1N(CC(=O)N/N=C\c1cccc(OC)c1O)S(C)(=O)=O. The zero-order valence-corrected chi connectivity index (χ0v) is 17.4. The fourth-order valence-electron chi connectivity index (χ4n) is 2.52. The van der Waals surface area contributed by atoms with Crippen LogP contribution in [0.4, 0.5) is 5.69 Å². The van der Waals surface area contributed by atoms with Crippen molar-refractivity contribution < 1.29 is 27.8 Å². The number of benzene rings is 2. The van der Waals surface area contributed by atoms with E-state index in [-0.39, 0.29) is 17.2 Å². The lowest BCUT2D eigenvalue weighted by Crippen LogP contribution is -2.39. The van der Waals surface area contributed by atoms with Crippen molar-refractivity contribution in [2.24, 2.45) is 5.10 Å². The number of nitrogens with one attached hydrogen (secondary N) is 1. The van der Waals surface area contributed by atoms with Crippen LogP contribution in [0.5, 0.6) is 17.2 Å². The Kier molecular flexibility index (Phi) is 7.05. The molecule has 156 valence electrons. The van der Waals surface area contributed by atoms with Crippen LogP contribution >= 0.6 is 0 Å². The zero-order valence-electron chi connectivity index (χ0n) is 16.5. The molecule has 0 saturated carbocycles. The maximum Gasteiger partial charge on any atom is 0.260 e. The van der Waals surface area contributed by atoms with Crippen LogP contribution in [-0.4, -0.2) is 52.7 Å². The third-order valence-corrected chi connectivity index (χ3v) is 5.06.